The van der Waals surface area contributed by atoms with Crippen LogP contribution in [0, 0.1) is 0 Å². The quantitative estimate of drug-likeness (QED) is 0.779. The zero-order valence-corrected chi connectivity index (χ0v) is 10.9. The summed E-state index contributed by atoms with van der Waals surface area (Å²) < 4.78 is 10.1. The van der Waals surface area contributed by atoms with Crippen molar-refractivity contribution in [2.75, 3.05) is 25.1 Å². The minimum absolute atomic E-state index is 0.371. The summed E-state index contributed by atoms with van der Waals surface area (Å²) in [6.07, 6.45) is 1.45. The first-order valence-corrected chi connectivity index (χ1v) is 6.05. The van der Waals surface area contributed by atoms with Gasteiger partial charge in [-0.2, -0.15) is 0 Å². The Labute approximate surface area is 106 Å². The largest absolute Gasteiger partial charge is 0.465 e. The van der Waals surface area contributed by atoms with Crippen LogP contribution in [0.3, 0.4) is 0 Å². The lowest BCUT2D eigenvalue weighted by Gasteiger charge is -2.20. The maximum absolute atomic E-state index is 11.5. The second-order valence-corrected chi connectivity index (χ2v) is 3.99. The van der Waals surface area contributed by atoms with Gasteiger partial charge in [-0.25, -0.2) is 4.79 Å². The highest BCUT2D eigenvalue weighted by Gasteiger charge is 2.15. The second kappa shape index (κ2) is 5.12. The zero-order valence-electron chi connectivity index (χ0n) is 10.9. The molecule has 1 aromatic heterocycles. The number of benzene rings is 1. The lowest BCUT2D eigenvalue weighted by atomic mass is 10.1. The number of methoxy groups -OCH3 is 1. The number of rotatable bonds is 4. The standard InChI is InChI=1S/C14H17NO3/c1-4-15(5-2)10-6-7-11-12(14(16)17-3)9-18-13(11)8-10/h6-9H,4-5H2,1-3H3. The van der Waals surface area contributed by atoms with Gasteiger partial charge in [0.15, 0.2) is 0 Å². The van der Waals surface area contributed by atoms with Gasteiger partial charge in [-0.3, -0.25) is 0 Å². The van der Waals surface area contributed by atoms with Crippen molar-refractivity contribution in [1.29, 1.82) is 0 Å². The van der Waals surface area contributed by atoms with Crippen LogP contribution in [0.15, 0.2) is 28.9 Å². The predicted molar refractivity (Wildman–Crippen MR) is 71.1 cm³/mol. The Bertz CT molecular complexity index is 555. The van der Waals surface area contributed by atoms with Crippen LogP contribution in [0.2, 0.25) is 0 Å². The number of carbonyl (C=O) groups is 1. The topological polar surface area (TPSA) is 42.7 Å². The number of furan rings is 1. The molecule has 96 valence electrons. The van der Waals surface area contributed by atoms with E-state index in [4.69, 9.17) is 9.15 Å². The van der Waals surface area contributed by atoms with Gasteiger partial charge in [-0.1, -0.05) is 0 Å². The van der Waals surface area contributed by atoms with E-state index < -0.39 is 0 Å². The van der Waals surface area contributed by atoms with Crippen LogP contribution >= 0.6 is 0 Å². The van der Waals surface area contributed by atoms with E-state index >= 15 is 0 Å². The summed E-state index contributed by atoms with van der Waals surface area (Å²) in [5, 5.41) is 0.790. The first-order valence-electron chi connectivity index (χ1n) is 6.05. The van der Waals surface area contributed by atoms with E-state index in [0.717, 1.165) is 24.2 Å². The van der Waals surface area contributed by atoms with Gasteiger partial charge < -0.3 is 14.1 Å². The Kier molecular flexibility index (Phi) is 3.55. The number of nitrogens with zero attached hydrogens (tertiary/aromatic N) is 1. The molecule has 0 fully saturated rings. The van der Waals surface area contributed by atoms with Crippen molar-refractivity contribution in [2.45, 2.75) is 13.8 Å². The molecule has 1 aromatic carbocycles. The van der Waals surface area contributed by atoms with Gasteiger partial charge >= 0.3 is 5.97 Å². The third-order valence-corrected chi connectivity index (χ3v) is 3.09. The minimum Gasteiger partial charge on any atom is -0.465 e. The van der Waals surface area contributed by atoms with E-state index in [1.165, 1.54) is 13.4 Å². The molecular weight excluding hydrogens is 230 g/mol. The Balaban J connectivity index is 2.45. The van der Waals surface area contributed by atoms with Crippen molar-refractivity contribution in [3.8, 4) is 0 Å². The van der Waals surface area contributed by atoms with Crippen LogP contribution in [0.4, 0.5) is 5.69 Å². The minimum atomic E-state index is -0.371. The van der Waals surface area contributed by atoms with Crippen molar-refractivity contribution < 1.29 is 13.9 Å². The van der Waals surface area contributed by atoms with Crippen molar-refractivity contribution in [3.05, 3.63) is 30.0 Å². The molecule has 18 heavy (non-hydrogen) atoms. The monoisotopic (exact) mass is 247 g/mol. The zero-order chi connectivity index (χ0) is 13.1. The highest BCUT2D eigenvalue weighted by Crippen LogP contribution is 2.26. The number of fused-ring (bicyclic) bond motifs is 1. The van der Waals surface area contributed by atoms with Crippen LogP contribution in [0.25, 0.3) is 11.0 Å². The van der Waals surface area contributed by atoms with Gasteiger partial charge in [0.25, 0.3) is 0 Å². The molecule has 4 nitrogen and oxygen atoms in total. The number of esters is 1. The molecule has 1 heterocycles. The maximum atomic E-state index is 11.5. The third kappa shape index (κ3) is 2.06. The molecule has 0 spiro atoms. The first-order chi connectivity index (χ1) is 8.71. The highest BCUT2D eigenvalue weighted by molar-refractivity contribution is 6.03. The Morgan fingerprint density at radius 1 is 1.33 bits per heavy atom. The fourth-order valence-electron chi connectivity index (χ4n) is 2.07. The van der Waals surface area contributed by atoms with Gasteiger partial charge in [0.1, 0.15) is 17.4 Å². The molecule has 0 saturated carbocycles. The molecular formula is C14H17NO3. The smallest absolute Gasteiger partial charge is 0.341 e. The number of anilines is 1. The van der Waals surface area contributed by atoms with Gasteiger partial charge in [0.05, 0.1) is 7.11 Å². The Morgan fingerprint density at radius 2 is 2.06 bits per heavy atom. The fraction of sp³-hybridized carbons (Fsp3) is 0.357. The third-order valence-electron chi connectivity index (χ3n) is 3.09. The summed E-state index contributed by atoms with van der Waals surface area (Å²) in [5.74, 6) is -0.371. The van der Waals surface area contributed by atoms with Crippen LogP contribution in [-0.2, 0) is 4.74 Å². The van der Waals surface area contributed by atoms with E-state index in [1.807, 2.05) is 18.2 Å². The Morgan fingerprint density at radius 3 is 2.67 bits per heavy atom. The second-order valence-electron chi connectivity index (χ2n) is 3.99. The van der Waals surface area contributed by atoms with Crippen molar-refractivity contribution in [2.24, 2.45) is 0 Å². The SMILES string of the molecule is CCN(CC)c1ccc2c(C(=O)OC)coc2c1. The van der Waals surface area contributed by atoms with Crippen molar-refractivity contribution >= 4 is 22.6 Å². The lowest BCUT2D eigenvalue weighted by Crippen LogP contribution is -2.21. The van der Waals surface area contributed by atoms with Crippen molar-refractivity contribution in [3.63, 3.8) is 0 Å². The van der Waals surface area contributed by atoms with Crippen LogP contribution in [0.5, 0.6) is 0 Å². The van der Waals surface area contributed by atoms with Crippen LogP contribution in [-0.4, -0.2) is 26.2 Å². The molecule has 0 saturated heterocycles. The number of hydrogen-bond donors (Lipinski definition) is 0. The van der Waals surface area contributed by atoms with E-state index in [1.54, 1.807) is 0 Å². The molecule has 0 bridgehead atoms. The summed E-state index contributed by atoms with van der Waals surface area (Å²) in [7, 11) is 1.37. The molecule has 0 unspecified atom stereocenters. The number of ether oxygens (including phenoxy) is 1. The fourth-order valence-corrected chi connectivity index (χ4v) is 2.07. The van der Waals surface area contributed by atoms with Gasteiger partial charge in [-0.05, 0) is 26.0 Å². The van der Waals surface area contributed by atoms with Crippen LogP contribution in [0.1, 0.15) is 24.2 Å². The average molecular weight is 247 g/mol. The molecule has 2 rings (SSSR count). The lowest BCUT2D eigenvalue weighted by molar-refractivity contribution is 0.0602. The maximum Gasteiger partial charge on any atom is 0.341 e. The Hall–Kier alpha value is -1.97. The molecule has 0 amide bonds. The van der Waals surface area contributed by atoms with E-state index in [2.05, 4.69) is 18.7 Å². The number of hydrogen-bond acceptors (Lipinski definition) is 4. The molecule has 0 aliphatic carbocycles. The summed E-state index contributed by atoms with van der Waals surface area (Å²) in [6, 6.07) is 5.85. The van der Waals surface area contributed by atoms with E-state index in [-0.39, 0.29) is 5.97 Å². The molecule has 0 radical (unpaired) electrons. The number of carbonyl (C=O) groups excluding carboxylic acids is 1. The summed E-state index contributed by atoms with van der Waals surface area (Å²) in [6.45, 7) is 6.09. The van der Waals surface area contributed by atoms with Gasteiger partial charge in [0.2, 0.25) is 0 Å². The summed E-state index contributed by atoms with van der Waals surface area (Å²) in [5.41, 5.74) is 2.27. The normalized spacial score (nSPS) is 10.6. The predicted octanol–water partition coefficient (Wildman–Crippen LogP) is 3.07. The molecule has 0 N–H and O–H groups in total. The van der Waals surface area contributed by atoms with E-state index in [9.17, 15) is 4.79 Å². The first kappa shape index (κ1) is 12.5. The average Bonchev–Trinajstić information content (AvgIpc) is 2.82. The molecule has 0 aliphatic heterocycles. The van der Waals surface area contributed by atoms with Crippen LogP contribution < -0.4 is 4.90 Å². The molecule has 0 atom stereocenters. The van der Waals surface area contributed by atoms with Crippen molar-refractivity contribution in [1.82, 2.24) is 0 Å². The summed E-state index contributed by atoms with van der Waals surface area (Å²) in [4.78, 5) is 13.7. The molecule has 4 heteroatoms. The van der Waals surface area contributed by atoms with Gasteiger partial charge in [-0.15, -0.1) is 0 Å². The van der Waals surface area contributed by atoms with E-state index in [0.29, 0.717) is 11.1 Å². The highest BCUT2D eigenvalue weighted by atomic mass is 16.5. The molecule has 0 aliphatic rings. The van der Waals surface area contributed by atoms with Gasteiger partial charge in [0, 0.05) is 30.2 Å². The summed E-state index contributed by atoms with van der Waals surface area (Å²) >= 11 is 0. The molecule has 2 aromatic rings.